The molecule has 0 heterocycles. The monoisotopic (exact) mass is 390 g/mol. The third-order valence-corrected chi connectivity index (χ3v) is 4.83. The Morgan fingerprint density at radius 3 is 2.34 bits per heavy atom. The molecule has 0 saturated heterocycles. The van der Waals surface area contributed by atoms with Crippen LogP contribution in [0.15, 0.2) is 72.8 Å². The Morgan fingerprint density at radius 1 is 0.862 bits per heavy atom. The van der Waals surface area contributed by atoms with E-state index in [0.717, 1.165) is 22.0 Å². The van der Waals surface area contributed by atoms with E-state index in [9.17, 15) is 9.59 Å². The van der Waals surface area contributed by atoms with Gasteiger partial charge in [0, 0.05) is 37.1 Å². The molecule has 1 amide bonds. The molecule has 0 fully saturated rings. The number of methoxy groups -OCH3 is 1. The highest BCUT2D eigenvalue weighted by Gasteiger charge is 2.12. The van der Waals surface area contributed by atoms with Crippen LogP contribution in [0.4, 0.5) is 5.69 Å². The summed E-state index contributed by atoms with van der Waals surface area (Å²) in [4.78, 5) is 26.2. The molecule has 29 heavy (non-hydrogen) atoms. The SMILES string of the molecule is COC(=O)CCN(CCC(=O)Nc1cccc2ccccc12)Cc1ccccc1. The van der Waals surface area contributed by atoms with Crippen LogP contribution in [0.25, 0.3) is 10.8 Å². The van der Waals surface area contributed by atoms with Crippen molar-refractivity contribution in [2.75, 3.05) is 25.5 Å². The first-order valence-electron chi connectivity index (χ1n) is 9.76. The largest absolute Gasteiger partial charge is 0.469 e. The lowest BCUT2D eigenvalue weighted by Crippen LogP contribution is -2.30. The normalized spacial score (nSPS) is 10.8. The Bertz CT molecular complexity index is 951. The number of carbonyl (C=O) groups excluding carboxylic acids is 2. The summed E-state index contributed by atoms with van der Waals surface area (Å²) < 4.78 is 4.75. The molecule has 1 N–H and O–H groups in total. The first-order valence-corrected chi connectivity index (χ1v) is 9.76. The molecule has 5 heteroatoms. The van der Waals surface area contributed by atoms with E-state index in [1.807, 2.05) is 72.8 Å². The molecule has 0 aliphatic heterocycles. The van der Waals surface area contributed by atoms with Gasteiger partial charge in [0.25, 0.3) is 0 Å². The Morgan fingerprint density at radius 2 is 1.55 bits per heavy atom. The molecule has 0 spiro atoms. The quantitative estimate of drug-likeness (QED) is 0.556. The summed E-state index contributed by atoms with van der Waals surface area (Å²) in [6.45, 7) is 1.78. The Hall–Kier alpha value is -3.18. The van der Waals surface area contributed by atoms with E-state index >= 15 is 0 Å². The summed E-state index contributed by atoms with van der Waals surface area (Å²) in [5, 5.41) is 5.14. The first-order chi connectivity index (χ1) is 14.2. The summed E-state index contributed by atoms with van der Waals surface area (Å²) in [6.07, 6.45) is 0.644. The molecule has 3 aromatic carbocycles. The number of benzene rings is 3. The third kappa shape index (κ3) is 6.16. The average molecular weight is 390 g/mol. The number of carbonyl (C=O) groups is 2. The molecule has 0 saturated carbocycles. The van der Waals surface area contributed by atoms with Crippen LogP contribution in [0.3, 0.4) is 0 Å². The number of rotatable bonds is 9. The van der Waals surface area contributed by atoms with Gasteiger partial charge in [0.15, 0.2) is 0 Å². The van der Waals surface area contributed by atoms with Gasteiger partial charge in [-0.2, -0.15) is 0 Å². The molecule has 0 unspecified atom stereocenters. The molecule has 0 aromatic heterocycles. The van der Waals surface area contributed by atoms with Crippen molar-refractivity contribution >= 4 is 28.3 Å². The zero-order valence-corrected chi connectivity index (χ0v) is 16.6. The maximum Gasteiger partial charge on any atom is 0.306 e. The minimum absolute atomic E-state index is 0.0440. The van der Waals surface area contributed by atoms with Gasteiger partial charge in [-0.15, -0.1) is 0 Å². The van der Waals surface area contributed by atoms with Gasteiger partial charge in [0.2, 0.25) is 5.91 Å². The van der Waals surface area contributed by atoms with Crippen molar-refractivity contribution in [2.45, 2.75) is 19.4 Å². The lowest BCUT2D eigenvalue weighted by molar-refractivity contribution is -0.141. The van der Waals surface area contributed by atoms with Gasteiger partial charge < -0.3 is 10.1 Å². The van der Waals surface area contributed by atoms with Gasteiger partial charge in [-0.1, -0.05) is 66.7 Å². The van der Waals surface area contributed by atoms with E-state index < -0.39 is 0 Å². The van der Waals surface area contributed by atoms with Crippen molar-refractivity contribution in [1.29, 1.82) is 0 Å². The van der Waals surface area contributed by atoms with Crippen molar-refractivity contribution in [3.63, 3.8) is 0 Å². The predicted octanol–water partition coefficient (Wildman–Crippen LogP) is 4.23. The maximum atomic E-state index is 12.6. The highest BCUT2D eigenvalue weighted by Crippen LogP contribution is 2.23. The van der Waals surface area contributed by atoms with E-state index in [1.165, 1.54) is 7.11 Å². The zero-order valence-electron chi connectivity index (χ0n) is 16.6. The molecule has 150 valence electrons. The number of hydrogen-bond acceptors (Lipinski definition) is 4. The van der Waals surface area contributed by atoms with E-state index in [1.54, 1.807) is 0 Å². The highest BCUT2D eigenvalue weighted by molar-refractivity contribution is 6.02. The molecule has 0 atom stereocenters. The molecule has 3 rings (SSSR count). The van der Waals surface area contributed by atoms with Crippen LogP contribution in [-0.2, 0) is 20.9 Å². The fraction of sp³-hybridized carbons (Fsp3) is 0.250. The van der Waals surface area contributed by atoms with Crippen LogP contribution < -0.4 is 5.32 Å². The van der Waals surface area contributed by atoms with Gasteiger partial charge in [0.05, 0.1) is 13.5 Å². The molecule has 0 aliphatic carbocycles. The van der Waals surface area contributed by atoms with E-state index in [4.69, 9.17) is 4.74 Å². The smallest absolute Gasteiger partial charge is 0.306 e. The van der Waals surface area contributed by atoms with E-state index in [0.29, 0.717) is 32.5 Å². The zero-order chi connectivity index (χ0) is 20.5. The predicted molar refractivity (Wildman–Crippen MR) is 116 cm³/mol. The number of nitrogens with one attached hydrogen (secondary N) is 1. The number of anilines is 1. The minimum Gasteiger partial charge on any atom is -0.469 e. The van der Waals surface area contributed by atoms with E-state index in [-0.39, 0.29) is 11.9 Å². The van der Waals surface area contributed by atoms with Crippen molar-refractivity contribution in [2.24, 2.45) is 0 Å². The molecule has 3 aromatic rings. The third-order valence-electron chi connectivity index (χ3n) is 4.83. The van der Waals surface area contributed by atoms with Crippen molar-refractivity contribution < 1.29 is 14.3 Å². The van der Waals surface area contributed by atoms with E-state index in [2.05, 4.69) is 10.2 Å². The number of esters is 1. The van der Waals surface area contributed by atoms with Gasteiger partial charge in [-0.05, 0) is 17.0 Å². The number of hydrogen-bond donors (Lipinski definition) is 1. The second kappa shape index (κ2) is 10.4. The van der Waals surface area contributed by atoms with Gasteiger partial charge in [0.1, 0.15) is 0 Å². The van der Waals surface area contributed by atoms with Gasteiger partial charge >= 0.3 is 5.97 Å². The Labute approximate surface area is 171 Å². The molecule has 5 nitrogen and oxygen atoms in total. The number of fused-ring (bicyclic) bond motifs is 1. The molecule has 0 aliphatic rings. The van der Waals surface area contributed by atoms with Crippen molar-refractivity contribution in [3.05, 3.63) is 78.4 Å². The second-order valence-corrected chi connectivity index (χ2v) is 6.91. The van der Waals surface area contributed by atoms with Crippen molar-refractivity contribution in [1.82, 2.24) is 4.90 Å². The lowest BCUT2D eigenvalue weighted by Gasteiger charge is -2.22. The van der Waals surface area contributed by atoms with Crippen LogP contribution in [0.2, 0.25) is 0 Å². The lowest BCUT2D eigenvalue weighted by atomic mass is 10.1. The van der Waals surface area contributed by atoms with Crippen LogP contribution >= 0.6 is 0 Å². The van der Waals surface area contributed by atoms with Gasteiger partial charge in [-0.3, -0.25) is 14.5 Å². The first kappa shape index (κ1) is 20.6. The van der Waals surface area contributed by atoms with Crippen molar-refractivity contribution in [3.8, 4) is 0 Å². The van der Waals surface area contributed by atoms with Gasteiger partial charge in [-0.25, -0.2) is 0 Å². The standard InChI is InChI=1S/C24H26N2O3/c1-29-24(28)15-17-26(18-19-8-3-2-4-9-19)16-14-23(27)25-22-13-7-11-20-10-5-6-12-21(20)22/h2-13H,14-18H2,1H3,(H,25,27). The summed E-state index contributed by atoms with van der Waals surface area (Å²) in [7, 11) is 1.39. The number of amides is 1. The second-order valence-electron chi connectivity index (χ2n) is 6.91. The fourth-order valence-electron chi connectivity index (χ4n) is 3.27. The highest BCUT2D eigenvalue weighted by atomic mass is 16.5. The molecular formula is C24H26N2O3. The Kier molecular flexibility index (Phi) is 7.36. The summed E-state index contributed by atoms with van der Waals surface area (Å²) in [5.41, 5.74) is 1.96. The fourth-order valence-corrected chi connectivity index (χ4v) is 3.27. The van der Waals surface area contributed by atoms with Crippen LogP contribution in [0.5, 0.6) is 0 Å². The summed E-state index contributed by atoms with van der Waals surface area (Å²) >= 11 is 0. The topological polar surface area (TPSA) is 58.6 Å². The van der Waals surface area contributed by atoms with Crippen LogP contribution in [-0.4, -0.2) is 37.0 Å². The average Bonchev–Trinajstić information content (AvgIpc) is 2.76. The Balaban J connectivity index is 1.61. The molecule has 0 radical (unpaired) electrons. The molecular weight excluding hydrogens is 364 g/mol. The number of nitrogens with zero attached hydrogens (tertiary/aromatic N) is 1. The summed E-state index contributed by atoms with van der Waals surface area (Å²) in [5.74, 6) is -0.291. The van der Waals surface area contributed by atoms with Crippen LogP contribution in [0.1, 0.15) is 18.4 Å². The summed E-state index contributed by atoms with van der Waals surface area (Å²) in [6, 6.07) is 23.9. The van der Waals surface area contributed by atoms with Crippen LogP contribution in [0, 0.1) is 0 Å². The molecule has 0 bridgehead atoms. The minimum atomic E-state index is -0.247. The maximum absolute atomic E-state index is 12.6. The number of ether oxygens (including phenoxy) is 1.